The van der Waals surface area contributed by atoms with Crippen molar-refractivity contribution in [2.75, 3.05) is 0 Å². The van der Waals surface area contributed by atoms with Crippen molar-refractivity contribution in [3.63, 3.8) is 0 Å². The second-order valence-electron chi connectivity index (χ2n) is 11.5. The average Bonchev–Trinajstić information content (AvgIpc) is 3.53. The molecule has 0 amide bonds. The van der Waals surface area contributed by atoms with Gasteiger partial charge in [0.25, 0.3) is 0 Å². The van der Waals surface area contributed by atoms with Gasteiger partial charge in [0.05, 0.1) is 0 Å². The van der Waals surface area contributed by atoms with E-state index in [1.807, 2.05) is 0 Å². The molecule has 1 aliphatic heterocycles. The van der Waals surface area contributed by atoms with E-state index in [1.54, 1.807) is 0 Å². The first-order valence-electron chi connectivity index (χ1n) is 11.4. The highest BCUT2D eigenvalue weighted by molar-refractivity contribution is 5.92. The van der Waals surface area contributed by atoms with E-state index < -0.39 is 0 Å². The molecule has 144 valence electrons. The van der Waals surface area contributed by atoms with Crippen molar-refractivity contribution in [2.24, 2.45) is 52.3 Å². The summed E-state index contributed by atoms with van der Waals surface area (Å²) in [6, 6.07) is 0. The zero-order valence-corrected chi connectivity index (χ0v) is 16.5. The lowest BCUT2D eigenvalue weighted by Gasteiger charge is -2.60. The van der Waals surface area contributed by atoms with Gasteiger partial charge in [-0.15, -0.1) is 0 Å². The summed E-state index contributed by atoms with van der Waals surface area (Å²) in [7, 11) is 0. The van der Waals surface area contributed by atoms with Gasteiger partial charge in [-0.2, -0.15) is 0 Å². The Kier molecular flexibility index (Phi) is 2.56. The molecule has 0 aromatic carbocycles. The van der Waals surface area contributed by atoms with Crippen LogP contribution in [0.2, 0.25) is 0 Å². The van der Waals surface area contributed by atoms with Crippen molar-refractivity contribution in [3.8, 4) is 0 Å². The Morgan fingerprint density at radius 2 is 1.85 bits per heavy atom. The molecule has 0 radical (unpaired) electrons. The summed E-state index contributed by atoms with van der Waals surface area (Å²) >= 11 is 0. The molecule has 27 heavy (non-hydrogen) atoms. The monoisotopic (exact) mass is 366 g/mol. The summed E-state index contributed by atoms with van der Waals surface area (Å²) in [5.41, 5.74) is 1.85. The fourth-order valence-corrected chi connectivity index (χ4v) is 9.74. The molecule has 1 heterocycles. The minimum Gasteiger partial charge on any atom is -0.458 e. The molecule has 0 aromatic heterocycles. The summed E-state index contributed by atoms with van der Waals surface area (Å²) in [6.45, 7) is 4.99. The second kappa shape index (κ2) is 4.39. The first-order chi connectivity index (χ1) is 12.9. The molecule has 1 saturated heterocycles. The Balaban J connectivity index is 1.33. The van der Waals surface area contributed by atoms with Crippen molar-refractivity contribution >= 4 is 11.8 Å². The van der Waals surface area contributed by atoms with Gasteiger partial charge in [0.1, 0.15) is 5.60 Å². The van der Waals surface area contributed by atoms with Gasteiger partial charge < -0.3 is 4.74 Å². The van der Waals surface area contributed by atoms with Crippen LogP contribution in [0.3, 0.4) is 0 Å². The van der Waals surface area contributed by atoms with Gasteiger partial charge in [-0.05, 0) is 85.5 Å². The van der Waals surface area contributed by atoms with Crippen LogP contribution < -0.4 is 0 Å². The number of ketones is 1. The average molecular weight is 367 g/mol. The second-order valence-corrected chi connectivity index (χ2v) is 11.5. The number of esters is 1. The quantitative estimate of drug-likeness (QED) is 0.600. The molecule has 3 nitrogen and oxygen atoms in total. The normalized spacial score (nSPS) is 62.0. The van der Waals surface area contributed by atoms with Gasteiger partial charge in [0.2, 0.25) is 0 Å². The van der Waals surface area contributed by atoms with Crippen LogP contribution in [0.5, 0.6) is 0 Å². The third-order valence-corrected chi connectivity index (χ3v) is 10.9. The van der Waals surface area contributed by atoms with Crippen LogP contribution in [-0.2, 0) is 14.3 Å². The fraction of sp³-hybridized carbons (Fsp3) is 0.833. The van der Waals surface area contributed by atoms with Crippen LogP contribution in [0.1, 0.15) is 65.2 Å². The van der Waals surface area contributed by atoms with Crippen molar-refractivity contribution in [3.05, 3.63) is 11.6 Å². The maximum atomic E-state index is 12.2. The standard InChI is InChI=1S/C24H30O3/c1-22-6-3-12(25)9-17(22)13-10-14(13)20-16(22)4-7-23(2)21(20)15-11-18(15)24(23)8-5-19(26)27-24/h9,13-16,18,20-21H,3-8,10-11H2,1-2H3/t13-,14+,15-,16+,18+,20-,21-,22-,23+,24-/m1/s1. The molecule has 7 rings (SSSR count). The summed E-state index contributed by atoms with van der Waals surface area (Å²) in [4.78, 5) is 24.3. The summed E-state index contributed by atoms with van der Waals surface area (Å²) in [5.74, 6) is 5.65. The van der Waals surface area contributed by atoms with Gasteiger partial charge in [-0.1, -0.05) is 19.4 Å². The largest absolute Gasteiger partial charge is 0.458 e. The predicted molar refractivity (Wildman–Crippen MR) is 99.5 cm³/mol. The Bertz CT molecular complexity index is 827. The molecule has 7 aliphatic rings. The smallest absolute Gasteiger partial charge is 0.306 e. The van der Waals surface area contributed by atoms with E-state index in [1.165, 1.54) is 31.3 Å². The number of allylic oxidation sites excluding steroid dienone is 1. The SMILES string of the molecule is C[C@]12CCC(=O)C=C1[C@@H]1C[C@@H]1[C@H]1[C@H]3[C@@H]4C[C@@H]4[C@]4(CCC(=O)O4)[C@@]3(C)CC[C@@H]12. The Labute approximate surface area is 161 Å². The van der Waals surface area contributed by atoms with Crippen molar-refractivity contribution < 1.29 is 14.3 Å². The molecule has 6 aliphatic carbocycles. The van der Waals surface area contributed by atoms with Gasteiger partial charge in [0, 0.05) is 24.2 Å². The molecule has 10 atom stereocenters. The molecule has 0 unspecified atom stereocenters. The number of carbonyl (C=O) groups is 2. The molecular formula is C24H30O3. The van der Waals surface area contributed by atoms with E-state index in [0.29, 0.717) is 24.0 Å². The van der Waals surface area contributed by atoms with Crippen LogP contribution in [0.4, 0.5) is 0 Å². The van der Waals surface area contributed by atoms with Gasteiger partial charge in [-0.3, -0.25) is 9.59 Å². The Hall–Kier alpha value is -1.12. The van der Waals surface area contributed by atoms with Gasteiger partial charge in [-0.25, -0.2) is 0 Å². The van der Waals surface area contributed by atoms with Crippen LogP contribution >= 0.6 is 0 Å². The zero-order valence-electron chi connectivity index (χ0n) is 16.5. The number of fused-ring (bicyclic) bond motifs is 12. The molecular weight excluding hydrogens is 336 g/mol. The van der Waals surface area contributed by atoms with E-state index >= 15 is 0 Å². The maximum Gasteiger partial charge on any atom is 0.306 e. The third-order valence-electron chi connectivity index (χ3n) is 10.9. The zero-order chi connectivity index (χ0) is 18.3. The van der Waals surface area contributed by atoms with E-state index in [4.69, 9.17) is 4.74 Å². The van der Waals surface area contributed by atoms with Crippen LogP contribution in [0, 0.1) is 52.3 Å². The number of rotatable bonds is 0. The summed E-state index contributed by atoms with van der Waals surface area (Å²) in [6.07, 6.45) is 10.6. The summed E-state index contributed by atoms with van der Waals surface area (Å²) < 4.78 is 6.22. The number of hydrogen-bond acceptors (Lipinski definition) is 3. The topological polar surface area (TPSA) is 43.4 Å². The minimum atomic E-state index is -0.131. The lowest BCUT2D eigenvalue weighted by Crippen LogP contribution is -2.57. The third kappa shape index (κ3) is 1.58. The van der Waals surface area contributed by atoms with E-state index in [-0.39, 0.29) is 22.4 Å². The number of carbonyl (C=O) groups excluding carboxylic acids is 2. The van der Waals surface area contributed by atoms with E-state index in [9.17, 15) is 9.59 Å². The van der Waals surface area contributed by atoms with Crippen LogP contribution in [-0.4, -0.2) is 17.4 Å². The molecule has 0 aromatic rings. The van der Waals surface area contributed by atoms with Crippen LogP contribution in [0.25, 0.3) is 0 Å². The lowest BCUT2D eigenvalue weighted by molar-refractivity contribution is -0.177. The lowest BCUT2D eigenvalue weighted by atomic mass is 9.45. The highest BCUT2D eigenvalue weighted by Gasteiger charge is 2.81. The molecule has 5 saturated carbocycles. The molecule has 3 heteroatoms. The Morgan fingerprint density at radius 3 is 2.63 bits per heavy atom. The molecule has 0 bridgehead atoms. The number of ether oxygens (including phenoxy) is 1. The molecule has 6 fully saturated rings. The van der Waals surface area contributed by atoms with Crippen molar-refractivity contribution in [1.82, 2.24) is 0 Å². The minimum absolute atomic E-state index is 0.0561. The van der Waals surface area contributed by atoms with Crippen LogP contribution in [0.15, 0.2) is 11.6 Å². The van der Waals surface area contributed by atoms with Crippen molar-refractivity contribution in [2.45, 2.75) is 70.8 Å². The highest BCUT2D eigenvalue weighted by Crippen LogP contribution is 2.82. The van der Waals surface area contributed by atoms with E-state index in [2.05, 4.69) is 19.9 Å². The fourth-order valence-electron chi connectivity index (χ4n) is 9.74. The van der Waals surface area contributed by atoms with Gasteiger partial charge >= 0.3 is 5.97 Å². The van der Waals surface area contributed by atoms with Crippen molar-refractivity contribution in [1.29, 1.82) is 0 Å². The highest BCUT2D eigenvalue weighted by atomic mass is 16.6. The molecule has 1 spiro atoms. The first-order valence-corrected chi connectivity index (χ1v) is 11.4. The maximum absolute atomic E-state index is 12.2. The molecule has 0 N–H and O–H groups in total. The van der Waals surface area contributed by atoms with E-state index in [0.717, 1.165) is 48.9 Å². The first kappa shape index (κ1) is 15.8. The Morgan fingerprint density at radius 1 is 1.00 bits per heavy atom. The number of hydrogen-bond donors (Lipinski definition) is 0. The predicted octanol–water partition coefficient (Wildman–Crippen LogP) is 4.31. The van der Waals surface area contributed by atoms with Gasteiger partial charge in [0.15, 0.2) is 5.78 Å². The summed E-state index contributed by atoms with van der Waals surface area (Å²) in [5, 5.41) is 0.